The van der Waals surface area contributed by atoms with Crippen molar-refractivity contribution >= 4 is 11.5 Å². The summed E-state index contributed by atoms with van der Waals surface area (Å²) in [6.07, 6.45) is 5.46. The molecule has 1 aromatic heterocycles. The van der Waals surface area contributed by atoms with E-state index in [0.717, 1.165) is 12.0 Å². The molecule has 0 aliphatic heterocycles. The molecule has 0 radical (unpaired) electrons. The van der Waals surface area contributed by atoms with Crippen molar-refractivity contribution in [3.8, 4) is 0 Å². The number of nitrogens with zero attached hydrogens (tertiary/aromatic N) is 2. The highest BCUT2D eigenvalue weighted by Crippen LogP contribution is 2.17. The first-order valence-corrected chi connectivity index (χ1v) is 6.46. The average molecular weight is 262 g/mol. The fourth-order valence-electron chi connectivity index (χ4n) is 1.47. The maximum Gasteiger partial charge on any atom is 0.194 e. The van der Waals surface area contributed by atoms with Gasteiger partial charge in [0.25, 0.3) is 0 Å². The first kappa shape index (κ1) is 15.3. The second kappa shape index (κ2) is 5.95. The lowest BCUT2D eigenvalue weighted by molar-refractivity contribution is -0.121. The van der Waals surface area contributed by atoms with E-state index in [1.165, 1.54) is 6.08 Å². The molecule has 0 saturated heterocycles. The molecule has 19 heavy (non-hydrogen) atoms. The number of allylic oxidation sites excluding steroid dienone is 1. The summed E-state index contributed by atoms with van der Waals surface area (Å²) < 4.78 is 0. The Labute approximate surface area is 114 Å². The van der Waals surface area contributed by atoms with Crippen molar-refractivity contribution in [3.63, 3.8) is 0 Å². The number of aromatic nitrogens is 2. The molecule has 0 bridgehead atoms. The fraction of sp³-hybridized carbons (Fsp3) is 0.533. The first-order chi connectivity index (χ1) is 8.70. The third kappa shape index (κ3) is 4.81. The van der Waals surface area contributed by atoms with Crippen LogP contribution >= 0.6 is 0 Å². The second-order valence-electron chi connectivity index (χ2n) is 6.16. The Morgan fingerprint density at radius 3 is 2.26 bits per heavy atom. The quantitative estimate of drug-likeness (QED) is 0.668. The third-order valence-electron chi connectivity index (χ3n) is 2.59. The zero-order chi connectivity index (χ0) is 14.6. The van der Waals surface area contributed by atoms with E-state index in [2.05, 4.69) is 23.8 Å². The van der Waals surface area contributed by atoms with E-state index in [-0.39, 0.29) is 17.4 Å². The molecule has 104 valence electrons. The lowest BCUT2D eigenvalue weighted by Gasteiger charge is -2.13. The summed E-state index contributed by atoms with van der Waals surface area (Å²) in [6, 6.07) is 0. The number of hydrogen-bond donors (Lipinski definition) is 1. The Hall–Kier alpha value is -1.71. The molecule has 0 aliphatic carbocycles. The van der Waals surface area contributed by atoms with Gasteiger partial charge in [0.05, 0.1) is 0 Å². The summed E-state index contributed by atoms with van der Waals surface area (Å²) in [6.45, 7) is 9.63. The van der Waals surface area contributed by atoms with Crippen LogP contribution in [-0.2, 0) is 11.2 Å². The van der Waals surface area contributed by atoms with Crippen LogP contribution < -0.4 is 0 Å². The second-order valence-corrected chi connectivity index (χ2v) is 6.16. The highest BCUT2D eigenvalue weighted by molar-refractivity contribution is 5.98. The van der Waals surface area contributed by atoms with E-state index in [9.17, 15) is 9.90 Å². The predicted molar refractivity (Wildman–Crippen MR) is 75.6 cm³/mol. The normalized spacial score (nSPS) is 12.8. The summed E-state index contributed by atoms with van der Waals surface area (Å²) in [5, 5.41) is 9.84. The topological polar surface area (TPSA) is 63.1 Å². The summed E-state index contributed by atoms with van der Waals surface area (Å²) in [5.74, 6) is 0.377. The number of carbonyl (C=O) groups excluding carboxylic acids is 1. The molecule has 0 amide bonds. The zero-order valence-corrected chi connectivity index (χ0v) is 12.3. The molecule has 1 aromatic rings. The van der Waals surface area contributed by atoms with Crippen molar-refractivity contribution in [3.05, 3.63) is 29.9 Å². The fourth-order valence-corrected chi connectivity index (χ4v) is 1.47. The molecule has 0 saturated carbocycles. The standard InChI is InChI=1S/C15H22N2O2/c1-10(2)6-11-8-16-14(17-9-11)12(18)7-13(19)15(3,4)5/h7-10,18H,6H2,1-5H3. The predicted octanol–water partition coefficient (Wildman–Crippen LogP) is 3.19. The lowest BCUT2D eigenvalue weighted by Crippen LogP contribution is -2.18. The van der Waals surface area contributed by atoms with Crippen molar-refractivity contribution < 1.29 is 9.90 Å². The highest BCUT2D eigenvalue weighted by Gasteiger charge is 2.20. The molecule has 1 rings (SSSR count). The van der Waals surface area contributed by atoms with Gasteiger partial charge in [-0.1, -0.05) is 34.6 Å². The van der Waals surface area contributed by atoms with Gasteiger partial charge in [-0.2, -0.15) is 0 Å². The van der Waals surface area contributed by atoms with Gasteiger partial charge in [-0.05, 0) is 17.9 Å². The average Bonchev–Trinajstić information content (AvgIpc) is 2.27. The van der Waals surface area contributed by atoms with Crippen LogP contribution in [0.5, 0.6) is 0 Å². The van der Waals surface area contributed by atoms with E-state index in [1.807, 2.05) is 0 Å². The number of ketones is 1. The van der Waals surface area contributed by atoms with Gasteiger partial charge in [0.15, 0.2) is 17.4 Å². The van der Waals surface area contributed by atoms with Crippen molar-refractivity contribution in [1.82, 2.24) is 9.97 Å². The summed E-state index contributed by atoms with van der Waals surface area (Å²) >= 11 is 0. The molecular formula is C15H22N2O2. The SMILES string of the molecule is CC(C)Cc1cnc(C(O)=CC(=O)C(C)(C)C)nc1. The summed E-state index contributed by atoms with van der Waals surface area (Å²) in [5.41, 5.74) is 0.500. The zero-order valence-electron chi connectivity index (χ0n) is 12.3. The van der Waals surface area contributed by atoms with Crippen LogP contribution in [-0.4, -0.2) is 20.9 Å². The van der Waals surface area contributed by atoms with Crippen molar-refractivity contribution in [2.75, 3.05) is 0 Å². The first-order valence-electron chi connectivity index (χ1n) is 6.46. The molecule has 1 heterocycles. The minimum atomic E-state index is -0.522. The van der Waals surface area contributed by atoms with Crippen molar-refractivity contribution in [1.29, 1.82) is 0 Å². The molecule has 1 N–H and O–H groups in total. The van der Waals surface area contributed by atoms with Gasteiger partial charge in [0, 0.05) is 23.9 Å². The molecule has 0 spiro atoms. The van der Waals surface area contributed by atoms with Crippen LogP contribution in [0.1, 0.15) is 46.0 Å². The van der Waals surface area contributed by atoms with Crippen LogP contribution in [0.3, 0.4) is 0 Å². The number of aliphatic hydroxyl groups is 1. The van der Waals surface area contributed by atoms with Gasteiger partial charge >= 0.3 is 0 Å². The van der Waals surface area contributed by atoms with E-state index in [4.69, 9.17) is 0 Å². The Bertz CT molecular complexity index is 468. The van der Waals surface area contributed by atoms with Crippen LogP contribution in [0.2, 0.25) is 0 Å². The smallest absolute Gasteiger partial charge is 0.194 e. The molecular weight excluding hydrogens is 240 g/mol. The van der Waals surface area contributed by atoms with Crippen molar-refractivity contribution in [2.24, 2.45) is 11.3 Å². The highest BCUT2D eigenvalue weighted by atomic mass is 16.3. The molecule has 4 nitrogen and oxygen atoms in total. The number of hydrogen-bond acceptors (Lipinski definition) is 4. The van der Waals surface area contributed by atoms with E-state index >= 15 is 0 Å². The van der Waals surface area contributed by atoms with Crippen LogP contribution in [0.15, 0.2) is 18.5 Å². The van der Waals surface area contributed by atoms with Gasteiger partial charge in [0.2, 0.25) is 0 Å². The maximum absolute atomic E-state index is 11.8. The lowest BCUT2D eigenvalue weighted by atomic mass is 9.90. The minimum absolute atomic E-state index is 0.153. The minimum Gasteiger partial charge on any atom is -0.504 e. The Balaban J connectivity index is 2.86. The molecule has 0 atom stereocenters. The molecule has 0 aromatic carbocycles. The number of rotatable bonds is 4. The van der Waals surface area contributed by atoms with Crippen LogP contribution in [0.25, 0.3) is 5.76 Å². The van der Waals surface area contributed by atoms with E-state index < -0.39 is 5.41 Å². The van der Waals surface area contributed by atoms with Crippen LogP contribution in [0.4, 0.5) is 0 Å². The monoisotopic (exact) mass is 262 g/mol. The largest absolute Gasteiger partial charge is 0.504 e. The Morgan fingerprint density at radius 1 is 1.32 bits per heavy atom. The number of aliphatic hydroxyl groups excluding tert-OH is 1. The van der Waals surface area contributed by atoms with Gasteiger partial charge in [0.1, 0.15) is 0 Å². The van der Waals surface area contributed by atoms with Gasteiger partial charge in [-0.15, -0.1) is 0 Å². The number of carbonyl (C=O) groups is 1. The molecule has 0 unspecified atom stereocenters. The maximum atomic E-state index is 11.8. The summed E-state index contributed by atoms with van der Waals surface area (Å²) in [4.78, 5) is 19.9. The van der Waals surface area contributed by atoms with Gasteiger partial charge in [-0.3, -0.25) is 4.79 Å². The van der Waals surface area contributed by atoms with Gasteiger partial charge in [-0.25, -0.2) is 9.97 Å². The molecule has 0 fully saturated rings. The third-order valence-corrected chi connectivity index (χ3v) is 2.59. The van der Waals surface area contributed by atoms with Crippen LogP contribution in [0, 0.1) is 11.3 Å². The molecule has 0 aliphatic rings. The van der Waals surface area contributed by atoms with E-state index in [1.54, 1.807) is 33.2 Å². The molecule has 4 heteroatoms. The van der Waals surface area contributed by atoms with Gasteiger partial charge < -0.3 is 5.11 Å². The Morgan fingerprint density at radius 2 is 1.84 bits per heavy atom. The Kier molecular flexibility index (Phi) is 4.81. The van der Waals surface area contributed by atoms with Crippen molar-refractivity contribution in [2.45, 2.75) is 41.0 Å². The summed E-state index contributed by atoms with van der Waals surface area (Å²) in [7, 11) is 0. The van der Waals surface area contributed by atoms with E-state index in [0.29, 0.717) is 5.92 Å².